The lowest BCUT2D eigenvalue weighted by atomic mass is 10.0. The lowest BCUT2D eigenvalue weighted by Crippen LogP contribution is -2.56. The number of carboxylic acid groups (broad SMARTS) is 1. The number of carbonyl (C=O) groups excluding carboxylic acids is 6. The zero-order valence-electron chi connectivity index (χ0n) is 48.5. The molecule has 2 rings (SSSR count). The Hall–Kier alpha value is -4.75. The fraction of sp³-hybridized carbons (Fsp3) is 0.762. The van der Waals surface area contributed by atoms with Gasteiger partial charge in [-0.05, 0) is 24.5 Å². The van der Waals surface area contributed by atoms with Crippen LogP contribution >= 0.6 is 0 Å². The van der Waals surface area contributed by atoms with Gasteiger partial charge in [-0.1, -0.05) is 263 Å². The zero-order chi connectivity index (χ0) is 55.8. The Morgan fingerprint density at radius 2 is 0.792 bits per heavy atom. The van der Waals surface area contributed by atoms with Crippen LogP contribution in [-0.4, -0.2) is 88.6 Å². The van der Waals surface area contributed by atoms with E-state index in [0.29, 0.717) is 18.4 Å². The lowest BCUT2D eigenvalue weighted by Gasteiger charge is -2.30. The molecule has 0 saturated carbocycles. The van der Waals surface area contributed by atoms with Crippen molar-refractivity contribution in [3.8, 4) is 0 Å². The molecule has 0 aliphatic heterocycles. The lowest BCUT2D eigenvalue weighted by molar-refractivity contribution is -0.152. The van der Waals surface area contributed by atoms with Crippen LogP contribution in [0.5, 0.6) is 0 Å². The minimum atomic E-state index is -1.36. The first-order valence-electron chi connectivity index (χ1n) is 31.3. The molecule has 2 aromatic rings. The molecule has 0 unspecified atom stereocenters. The summed E-state index contributed by atoms with van der Waals surface area (Å²) < 4.78 is 0. The first-order valence-corrected chi connectivity index (χ1v) is 31.3. The van der Waals surface area contributed by atoms with E-state index < -0.39 is 67.7 Å². The van der Waals surface area contributed by atoms with Gasteiger partial charge in [0.05, 0.1) is 19.6 Å². The summed E-state index contributed by atoms with van der Waals surface area (Å²) in [5.74, 6) is -4.98. The third-order valence-corrected chi connectivity index (χ3v) is 15.0. The fourth-order valence-corrected chi connectivity index (χ4v) is 10.2. The van der Waals surface area contributed by atoms with Gasteiger partial charge in [0.25, 0.3) is 0 Å². The SMILES string of the molecule is CCCCCCCCCCCCCCCCCCCCCC(=O)NCC(=O)N(C(=O)CCCCCCCCCCCCCCCCCCCCC)[C@@H](Cc1c[nH]c2ccccc12)C(=O)NCC(=O)NCC(=O)NCC(=O)O. The molecule has 1 aromatic carbocycles. The maximum Gasteiger partial charge on any atom is 0.322 e. The number of para-hydroxylation sites is 1. The standard InChI is InChI=1S/C63H108N6O8/c1-3-5-7-9-11-13-15-17-19-21-23-25-27-29-31-33-35-37-39-45-57(70)66-51-61(74)69(60(73)46-40-38-36-34-32-30-28-26-24-22-20-18-16-14-12-10-8-6-4-2)56(47-53-48-64-55-44-42-41-43-54(53)55)63(77)68-50-59(72)65-49-58(71)67-52-62(75)76/h41-44,48,56,64H,3-40,45-47,49-52H2,1-2H3,(H,65,72)(H,66,70)(H,67,71)(H,68,77)(H,75,76)/t56-/m0/s1. The second-order valence-corrected chi connectivity index (χ2v) is 21.9. The van der Waals surface area contributed by atoms with Gasteiger partial charge in [-0.2, -0.15) is 0 Å². The molecule has 6 N–H and O–H groups in total. The summed E-state index contributed by atoms with van der Waals surface area (Å²) in [6, 6.07) is 6.13. The minimum absolute atomic E-state index is 0.0293. The number of rotatable bonds is 52. The number of benzene rings is 1. The Labute approximate surface area is 465 Å². The highest BCUT2D eigenvalue weighted by atomic mass is 16.4. The molecule has 0 fully saturated rings. The number of hydrogen-bond acceptors (Lipinski definition) is 7. The van der Waals surface area contributed by atoms with E-state index in [4.69, 9.17) is 5.11 Å². The third kappa shape index (κ3) is 36.1. The van der Waals surface area contributed by atoms with Crippen LogP contribution in [0.3, 0.4) is 0 Å². The zero-order valence-corrected chi connectivity index (χ0v) is 48.5. The predicted molar refractivity (Wildman–Crippen MR) is 313 cm³/mol. The monoisotopic (exact) mass is 1080 g/mol. The summed E-state index contributed by atoms with van der Waals surface area (Å²) in [4.78, 5) is 95.6. The van der Waals surface area contributed by atoms with E-state index in [9.17, 15) is 33.6 Å². The predicted octanol–water partition coefficient (Wildman–Crippen LogP) is 13.6. The van der Waals surface area contributed by atoms with Crippen molar-refractivity contribution in [3.63, 3.8) is 0 Å². The quantitative estimate of drug-likeness (QED) is 0.0351. The topological polar surface area (TPSA) is 207 Å². The molecule has 1 aromatic heterocycles. The van der Waals surface area contributed by atoms with Gasteiger partial charge in [0.2, 0.25) is 35.4 Å². The van der Waals surface area contributed by atoms with Crippen LogP contribution in [0.2, 0.25) is 0 Å². The summed E-state index contributed by atoms with van der Waals surface area (Å²) in [6.07, 6.45) is 49.0. The van der Waals surface area contributed by atoms with E-state index in [0.717, 1.165) is 60.7 Å². The van der Waals surface area contributed by atoms with E-state index in [1.807, 2.05) is 24.3 Å². The molecule has 438 valence electrons. The molecule has 0 bridgehead atoms. The molecule has 0 saturated heterocycles. The van der Waals surface area contributed by atoms with Crippen molar-refractivity contribution < 1.29 is 38.7 Å². The number of carboxylic acids is 1. The molecule has 0 aliphatic carbocycles. The molecular weight excluding hydrogens is 969 g/mol. The van der Waals surface area contributed by atoms with Crippen molar-refractivity contribution in [1.29, 1.82) is 0 Å². The van der Waals surface area contributed by atoms with Crippen molar-refractivity contribution in [1.82, 2.24) is 31.2 Å². The molecule has 6 amide bonds. The number of carbonyl (C=O) groups is 7. The van der Waals surface area contributed by atoms with Crippen LogP contribution in [-0.2, 0) is 40.0 Å². The first-order chi connectivity index (χ1) is 37.6. The number of aliphatic carboxylic acids is 1. The summed E-state index contributed by atoms with van der Waals surface area (Å²) in [6.45, 7) is 2.37. The molecule has 14 heteroatoms. The maximum absolute atomic E-state index is 14.3. The van der Waals surface area contributed by atoms with Crippen molar-refractivity contribution >= 4 is 52.3 Å². The molecule has 0 spiro atoms. The molecule has 0 aliphatic rings. The van der Waals surface area contributed by atoms with Gasteiger partial charge in [-0.15, -0.1) is 0 Å². The Bertz CT molecular complexity index is 1880. The number of aromatic amines is 1. The highest BCUT2D eigenvalue weighted by Crippen LogP contribution is 2.23. The van der Waals surface area contributed by atoms with E-state index in [2.05, 4.69) is 40.1 Å². The van der Waals surface area contributed by atoms with Crippen LogP contribution < -0.4 is 21.3 Å². The minimum Gasteiger partial charge on any atom is -0.480 e. The summed E-state index contributed by atoms with van der Waals surface area (Å²) >= 11 is 0. The Balaban J connectivity index is 1.91. The Morgan fingerprint density at radius 3 is 1.22 bits per heavy atom. The highest BCUT2D eigenvalue weighted by molar-refractivity contribution is 6.03. The number of aromatic nitrogens is 1. The fourth-order valence-electron chi connectivity index (χ4n) is 10.2. The van der Waals surface area contributed by atoms with Gasteiger partial charge < -0.3 is 31.4 Å². The van der Waals surface area contributed by atoms with Crippen LogP contribution in [0.1, 0.15) is 276 Å². The largest absolute Gasteiger partial charge is 0.480 e. The Kier molecular flexibility index (Phi) is 42.0. The smallest absolute Gasteiger partial charge is 0.322 e. The molecular formula is C63H108N6O8. The molecule has 77 heavy (non-hydrogen) atoms. The summed E-state index contributed by atoms with van der Waals surface area (Å²) in [7, 11) is 0. The number of unbranched alkanes of at least 4 members (excludes halogenated alkanes) is 36. The van der Waals surface area contributed by atoms with Crippen LogP contribution in [0, 0.1) is 0 Å². The van der Waals surface area contributed by atoms with Crippen molar-refractivity contribution in [2.75, 3.05) is 26.2 Å². The van der Waals surface area contributed by atoms with Gasteiger partial charge in [-0.25, -0.2) is 0 Å². The van der Waals surface area contributed by atoms with Crippen molar-refractivity contribution in [2.24, 2.45) is 0 Å². The first kappa shape index (κ1) is 68.4. The maximum atomic E-state index is 14.3. The number of nitrogens with zero attached hydrogens (tertiary/aromatic N) is 1. The second-order valence-electron chi connectivity index (χ2n) is 21.9. The summed E-state index contributed by atoms with van der Waals surface area (Å²) in [5.41, 5.74) is 1.49. The van der Waals surface area contributed by atoms with E-state index >= 15 is 0 Å². The van der Waals surface area contributed by atoms with Crippen molar-refractivity contribution in [3.05, 3.63) is 36.0 Å². The highest BCUT2D eigenvalue weighted by Gasteiger charge is 2.35. The van der Waals surface area contributed by atoms with Crippen LogP contribution in [0.25, 0.3) is 10.9 Å². The number of imide groups is 1. The molecule has 1 atom stereocenters. The van der Waals surface area contributed by atoms with E-state index in [1.165, 1.54) is 186 Å². The van der Waals surface area contributed by atoms with E-state index in [-0.39, 0.29) is 25.2 Å². The average Bonchev–Trinajstić information content (AvgIpc) is 3.84. The van der Waals surface area contributed by atoms with Crippen molar-refractivity contribution in [2.45, 2.75) is 283 Å². The number of fused-ring (bicyclic) bond motifs is 1. The summed E-state index contributed by atoms with van der Waals surface area (Å²) in [5, 5.41) is 19.4. The number of amides is 6. The third-order valence-electron chi connectivity index (χ3n) is 15.0. The van der Waals surface area contributed by atoms with Crippen LogP contribution in [0.15, 0.2) is 30.5 Å². The van der Waals surface area contributed by atoms with Crippen LogP contribution in [0.4, 0.5) is 0 Å². The van der Waals surface area contributed by atoms with Gasteiger partial charge in [0.15, 0.2) is 0 Å². The normalized spacial score (nSPS) is 11.6. The van der Waals surface area contributed by atoms with Gasteiger partial charge in [0, 0.05) is 36.4 Å². The van der Waals surface area contributed by atoms with Gasteiger partial charge >= 0.3 is 5.97 Å². The molecule has 0 radical (unpaired) electrons. The van der Waals surface area contributed by atoms with Gasteiger partial charge in [-0.3, -0.25) is 38.5 Å². The number of H-pyrrole nitrogens is 1. The molecule has 1 heterocycles. The average molecular weight is 1080 g/mol. The number of hydrogen-bond donors (Lipinski definition) is 6. The Morgan fingerprint density at radius 1 is 0.429 bits per heavy atom. The molecule has 14 nitrogen and oxygen atoms in total. The van der Waals surface area contributed by atoms with Gasteiger partial charge in [0.1, 0.15) is 12.6 Å². The second kappa shape index (κ2) is 47.3. The number of nitrogens with one attached hydrogen (secondary N) is 5. The van der Waals surface area contributed by atoms with E-state index in [1.54, 1.807) is 6.20 Å².